The summed E-state index contributed by atoms with van der Waals surface area (Å²) in [5, 5.41) is 0. The minimum atomic E-state index is -0.227. The molecule has 1 amide bonds. The Morgan fingerprint density at radius 2 is 2.17 bits per heavy atom. The first-order valence-electron chi connectivity index (χ1n) is 6.68. The second kappa shape index (κ2) is 4.35. The van der Waals surface area contributed by atoms with Crippen molar-refractivity contribution in [2.75, 3.05) is 13.1 Å². The molecule has 1 saturated carbocycles. The van der Waals surface area contributed by atoms with Crippen LogP contribution in [0.15, 0.2) is 24.5 Å². The van der Waals surface area contributed by atoms with Gasteiger partial charge in [0.1, 0.15) is 0 Å². The minimum Gasteiger partial charge on any atom is -0.335 e. The number of nitrogens with zero attached hydrogens (tertiary/aromatic N) is 2. The van der Waals surface area contributed by atoms with Gasteiger partial charge in [-0.1, -0.05) is 0 Å². The third-order valence-electron chi connectivity index (χ3n) is 4.30. The number of hydrogen-bond acceptors (Lipinski definition) is 3. The van der Waals surface area contributed by atoms with Gasteiger partial charge in [-0.2, -0.15) is 0 Å². The van der Waals surface area contributed by atoms with Crippen molar-refractivity contribution in [1.29, 1.82) is 0 Å². The molecular weight excluding hydrogens is 226 g/mol. The van der Waals surface area contributed by atoms with E-state index in [1.165, 1.54) is 5.56 Å². The van der Waals surface area contributed by atoms with Crippen LogP contribution in [0.5, 0.6) is 0 Å². The van der Waals surface area contributed by atoms with Crippen LogP contribution in [0.25, 0.3) is 0 Å². The standard InChI is InChI=1S/C14H19N3O/c15-10-14(5-6-14)13(18)17-9-1-2-12(17)11-3-7-16-8-4-11/h3-4,7-8,12H,1-2,5-6,9-10,15H2. The molecule has 1 aliphatic heterocycles. The van der Waals surface area contributed by atoms with Crippen LogP contribution in [-0.2, 0) is 4.79 Å². The number of aromatic nitrogens is 1. The average molecular weight is 245 g/mol. The summed E-state index contributed by atoms with van der Waals surface area (Å²) in [5.74, 6) is 0.268. The minimum absolute atomic E-state index is 0.226. The number of carbonyl (C=O) groups is 1. The van der Waals surface area contributed by atoms with Crippen LogP contribution in [0.2, 0.25) is 0 Å². The van der Waals surface area contributed by atoms with Gasteiger partial charge in [0.05, 0.1) is 11.5 Å². The fourth-order valence-corrected chi connectivity index (χ4v) is 2.90. The van der Waals surface area contributed by atoms with Crippen LogP contribution in [0, 0.1) is 5.41 Å². The molecule has 1 aromatic rings. The maximum absolute atomic E-state index is 12.6. The van der Waals surface area contributed by atoms with Crippen molar-refractivity contribution in [2.45, 2.75) is 31.7 Å². The molecular formula is C14H19N3O. The van der Waals surface area contributed by atoms with E-state index < -0.39 is 0 Å². The van der Waals surface area contributed by atoms with E-state index in [1.54, 1.807) is 12.4 Å². The van der Waals surface area contributed by atoms with Crippen LogP contribution in [-0.4, -0.2) is 28.9 Å². The van der Waals surface area contributed by atoms with Crippen molar-refractivity contribution in [2.24, 2.45) is 11.1 Å². The smallest absolute Gasteiger partial charge is 0.230 e. The monoisotopic (exact) mass is 245 g/mol. The molecule has 1 atom stereocenters. The molecule has 0 bridgehead atoms. The van der Waals surface area contributed by atoms with Crippen molar-refractivity contribution in [3.63, 3.8) is 0 Å². The molecule has 2 aliphatic rings. The van der Waals surface area contributed by atoms with Crippen LogP contribution < -0.4 is 5.73 Å². The molecule has 0 spiro atoms. The highest BCUT2D eigenvalue weighted by Crippen LogP contribution is 2.48. The van der Waals surface area contributed by atoms with Gasteiger partial charge in [0.15, 0.2) is 0 Å². The molecule has 0 aromatic carbocycles. The van der Waals surface area contributed by atoms with Gasteiger partial charge in [-0.05, 0) is 43.4 Å². The van der Waals surface area contributed by atoms with Crippen molar-refractivity contribution in [3.8, 4) is 0 Å². The van der Waals surface area contributed by atoms with Gasteiger partial charge < -0.3 is 10.6 Å². The number of carbonyl (C=O) groups excluding carboxylic acids is 1. The van der Waals surface area contributed by atoms with Gasteiger partial charge >= 0.3 is 0 Å². The Balaban J connectivity index is 1.82. The Hall–Kier alpha value is -1.42. The number of likely N-dealkylation sites (tertiary alicyclic amines) is 1. The summed E-state index contributed by atoms with van der Waals surface area (Å²) in [6.07, 6.45) is 7.65. The Kier molecular flexibility index (Phi) is 2.82. The van der Waals surface area contributed by atoms with Crippen molar-refractivity contribution in [1.82, 2.24) is 9.88 Å². The lowest BCUT2D eigenvalue weighted by Gasteiger charge is -2.28. The first-order chi connectivity index (χ1) is 8.77. The molecule has 4 nitrogen and oxygen atoms in total. The van der Waals surface area contributed by atoms with E-state index >= 15 is 0 Å². The fraction of sp³-hybridized carbons (Fsp3) is 0.571. The number of amides is 1. The summed E-state index contributed by atoms with van der Waals surface area (Å²) in [4.78, 5) is 18.7. The third kappa shape index (κ3) is 1.81. The summed E-state index contributed by atoms with van der Waals surface area (Å²) in [6, 6.07) is 4.25. The number of nitrogens with two attached hydrogens (primary N) is 1. The SMILES string of the molecule is NCC1(C(=O)N2CCCC2c2ccncc2)CC1. The molecule has 2 heterocycles. The van der Waals surface area contributed by atoms with Crippen molar-refractivity contribution < 1.29 is 4.79 Å². The second-order valence-corrected chi connectivity index (χ2v) is 5.42. The normalized spacial score (nSPS) is 25.2. The zero-order chi connectivity index (χ0) is 12.6. The lowest BCUT2D eigenvalue weighted by molar-refractivity contribution is -0.137. The van der Waals surface area contributed by atoms with Gasteiger partial charge in [-0.15, -0.1) is 0 Å². The first-order valence-corrected chi connectivity index (χ1v) is 6.68. The Labute approximate surface area is 107 Å². The van der Waals surface area contributed by atoms with Gasteiger partial charge in [0.25, 0.3) is 0 Å². The molecule has 1 aliphatic carbocycles. The third-order valence-corrected chi connectivity index (χ3v) is 4.30. The Bertz CT molecular complexity index is 442. The number of rotatable bonds is 3. The van der Waals surface area contributed by atoms with Gasteiger partial charge in [-0.25, -0.2) is 0 Å². The second-order valence-electron chi connectivity index (χ2n) is 5.42. The van der Waals surface area contributed by atoms with E-state index in [0.29, 0.717) is 6.54 Å². The largest absolute Gasteiger partial charge is 0.335 e. The van der Waals surface area contributed by atoms with E-state index in [1.807, 2.05) is 17.0 Å². The molecule has 4 heteroatoms. The summed E-state index contributed by atoms with van der Waals surface area (Å²) < 4.78 is 0. The average Bonchev–Trinajstić information content (AvgIpc) is 3.08. The van der Waals surface area contributed by atoms with Crippen LogP contribution >= 0.6 is 0 Å². The molecule has 3 rings (SSSR count). The lowest BCUT2D eigenvalue weighted by atomic mass is 10.0. The van der Waals surface area contributed by atoms with Crippen LogP contribution in [0.3, 0.4) is 0 Å². The highest BCUT2D eigenvalue weighted by atomic mass is 16.2. The molecule has 2 fully saturated rings. The van der Waals surface area contributed by atoms with Crippen molar-refractivity contribution >= 4 is 5.91 Å². The van der Waals surface area contributed by atoms with Gasteiger partial charge in [0, 0.05) is 25.5 Å². The molecule has 18 heavy (non-hydrogen) atoms. The summed E-state index contributed by atoms with van der Waals surface area (Å²) >= 11 is 0. The summed E-state index contributed by atoms with van der Waals surface area (Å²) in [5.41, 5.74) is 6.74. The Morgan fingerprint density at radius 3 is 2.78 bits per heavy atom. The molecule has 1 unspecified atom stereocenters. The molecule has 2 N–H and O–H groups in total. The zero-order valence-corrected chi connectivity index (χ0v) is 10.5. The molecule has 1 aromatic heterocycles. The van der Waals surface area contributed by atoms with Crippen LogP contribution in [0.4, 0.5) is 0 Å². The topological polar surface area (TPSA) is 59.2 Å². The highest BCUT2D eigenvalue weighted by molar-refractivity contribution is 5.86. The predicted molar refractivity (Wildman–Crippen MR) is 68.6 cm³/mol. The van der Waals surface area contributed by atoms with Crippen LogP contribution in [0.1, 0.15) is 37.3 Å². The zero-order valence-electron chi connectivity index (χ0n) is 10.5. The molecule has 0 radical (unpaired) electrons. The summed E-state index contributed by atoms with van der Waals surface area (Å²) in [7, 11) is 0. The van der Waals surface area contributed by atoms with Gasteiger partial charge in [-0.3, -0.25) is 9.78 Å². The Morgan fingerprint density at radius 1 is 1.44 bits per heavy atom. The first kappa shape index (κ1) is 11.7. The highest BCUT2D eigenvalue weighted by Gasteiger charge is 2.52. The maximum atomic E-state index is 12.6. The van der Waals surface area contributed by atoms with E-state index in [0.717, 1.165) is 32.2 Å². The van der Waals surface area contributed by atoms with E-state index in [4.69, 9.17) is 5.73 Å². The molecule has 96 valence electrons. The quantitative estimate of drug-likeness (QED) is 0.877. The lowest BCUT2D eigenvalue weighted by Crippen LogP contribution is -2.40. The number of pyridine rings is 1. The van der Waals surface area contributed by atoms with E-state index in [-0.39, 0.29) is 17.4 Å². The summed E-state index contributed by atoms with van der Waals surface area (Å²) in [6.45, 7) is 1.36. The fourth-order valence-electron chi connectivity index (χ4n) is 2.90. The van der Waals surface area contributed by atoms with E-state index in [9.17, 15) is 4.79 Å². The predicted octanol–water partition coefficient (Wildman–Crippen LogP) is 1.48. The van der Waals surface area contributed by atoms with Gasteiger partial charge in [0.2, 0.25) is 5.91 Å². The maximum Gasteiger partial charge on any atom is 0.230 e. The number of hydrogen-bond donors (Lipinski definition) is 1. The van der Waals surface area contributed by atoms with E-state index in [2.05, 4.69) is 4.98 Å². The van der Waals surface area contributed by atoms with Crippen molar-refractivity contribution in [3.05, 3.63) is 30.1 Å². The molecule has 1 saturated heterocycles.